The number of carbonyl (C=O) groups is 2. The number of rotatable bonds is 5. The fraction of sp³-hybridized carbons (Fsp3) is 0.455. The van der Waals surface area contributed by atoms with Crippen molar-refractivity contribution in [2.45, 2.75) is 50.7 Å². The van der Waals surface area contributed by atoms with E-state index in [1.807, 2.05) is 0 Å². The largest absolute Gasteiger partial charge is 0.376 e. The quantitative estimate of drug-likeness (QED) is 0.495. The molecule has 3 N–H and O–H groups in total. The fourth-order valence-electron chi connectivity index (χ4n) is 4.52. The smallest absolute Gasteiger partial charge is 0.265 e. The Balaban J connectivity index is 1.51. The van der Waals surface area contributed by atoms with E-state index in [1.54, 1.807) is 22.6 Å². The number of hydrogen-bond donors (Lipinski definition) is 3. The van der Waals surface area contributed by atoms with Gasteiger partial charge >= 0.3 is 0 Å². The van der Waals surface area contributed by atoms with Gasteiger partial charge in [-0.3, -0.25) is 18.8 Å². The molecule has 1 saturated heterocycles. The summed E-state index contributed by atoms with van der Waals surface area (Å²) in [6, 6.07) is 5.05. The van der Waals surface area contributed by atoms with Gasteiger partial charge in [-0.15, -0.1) is 0 Å². The second-order valence-electron chi connectivity index (χ2n) is 8.37. The molecule has 32 heavy (non-hydrogen) atoms. The summed E-state index contributed by atoms with van der Waals surface area (Å²) in [7, 11) is 0. The minimum atomic E-state index is -0.325. The lowest BCUT2D eigenvalue weighted by Crippen LogP contribution is -2.32. The van der Waals surface area contributed by atoms with Crippen LogP contribution in [0.15, 0.2) is 23.0 Å². The monoisotopic (exact) mass is 472 g/mol. The number of benzene rings is 1. The summed E-state index contributed by atoms with van der Waals surface area (Å²) < 4.78 is 7.67. The highest BCUT2D eigenvalue weighted by Gasteiger charge is 2.23. The summed E-state index contributed by atoms with van der Waals surface area (Å²) in [5, 5.41) is 6.36. The van der Waals surface area contributed by atoms with Crippen LogP contribution >= 0.6 is 23.6 Å². The maximum absolute atomic E-state index is 12.9. The number of aromatic nitrogens is 2. The summed E-state index contributed by atoms with van der Waals surface area (Å²) in [4.78, 5) is 41.6. The maximum atomic E-state index is 12.9. The minimum Gasteiger partial charge on any atom is -0.376 e. The van der Waals surface area contributed by atoms with Crippen molar-refractivity contribution in [2.24, 2.45) is 0 Å². The molecular formula is C22H24N4O4S2. The van der Waals surface area contributed by atoms with Crippen LogP contribution in [-0.4, -0.2) is 46.5 Å². The third-order valence-corrected chi connectivity index (χ3v) is 7.57. The van der Waals surface area contributed by atoms with Crippen molar-refractivity contribution in [1.29, 1.82) is 0 Å². The first kappa shape index (κ1) is 21.3. The van der Waals surface area contributed by atoms with Crippen LogP contribution in [0.3, 0.4) is 0 Å². The average Bonchev–Trinajstić information content (AvgIpc) is 3.54. The Morgan fingerprint density at radius 1 is 1.19 bits per heavy atom. The molecule has 1 atom stereocenters. The summed E-state index contributed by atoms with van der Waals surface area (Å²) in [6.07, 6.45) is 6.13. The maximum Gasteiger partial charge on any atom is 0.265 e. The Hall–Kier alpha value is -2.56. The number of amides is 2. The molecule has 1 saturated carbocycles. The molecule has 2 aliphatic rings. The topological polar surface area (TPSA) is 105 Å². The van der Waals surface area contributed by atoms with E-state index in [9.17, 15) is 14.4 Å². The predicted molar refractivity (Wildman–Crippen MR) is 125 cm³/mol. The highest BCUT2D eigenvalue weighted by Crippen LogP contribution is 2.25. The molecule has 3 aromatic rings. The summed E-state index contributed by atoms with van der Waals surface area (Å²) >= 11 is 6.70. The van der Waals surface area contributed by atoms with Gasteiger partial charge < -0.3 is 20.4 Å². The average molecular weight is 473 g/mol. The first-order valence-corrected chi connectivity index (χ1v) is 12.2. The Morgan fingerprint density at radius 3 is 2.75 bits per heavy atom. The van der Waals surface area contributed by atoms with Gasteiger partial charge in [0.15, 0.2) is 3.95 Å². The van der Waals surface area contributed by atoms with E-state index >= 15 is 0 Å². The standard InChI is InChI=1S/C22H24N4O4S2/c27-19(23-11-14-6-3-9-30-14)12-7-8-15-16(10-12)26-18(25-20(15)28)17(32-22(26)31)21(29)24-13-4-1-2-5-13/h7-8,10,13-14H,1-6,9,11H2,(H,23,27)(H,24,29)(H,25,28). The number of H-pyrrole nitrogens is 1. The van der Waals surface area contributed by atoms with E-state index in [-0.39, 0.29) is 29.5 Å². The van der Waals surface area contributed by atoms with Gasteiger partial charge in [0, 0.05) is 24.8 Å². The molecule has 0 bridgehead atoms. The summed E-state index contributed by atoms with van der Waals surface area (Å²) in [5.74, 6) is -0.465. The number of carbonyl (C=O) groups excluding carboxylic acids is 2. The summed E-state index contributed by atoms with van der Waals surface area (Å²) in [5.41, 5.74) is 0.973. The van der Waals surface area contributed by atoms with Crippen molar-refractivity contribution in [3.05, 3.63) is 42.9 Å². The number of nitrogens with zero attached hydrogens (tertiary/aromatic N) is 1. The molecule has 1 aliphatic heterocycles. The van der Waals surface area contributed by atoms with Gasteiger partial charge in [0.25, 0.3) is 17.4 Å². The molecule has 2 amide bonds. The fourth-order valence-corrected chi connectivity index (χ4v) is 5.81. The highest BCUT2D eigenvalue weighted by atomic mass is 32.1. The zero-order chi connectivity index (χ0) is 22.2. The van der Waals surface area contributed by atoms with Crippen molar-refractivity contribution in [3.8, 4) is 0 Å². The molecule has 0 spiro atoms. The number of hydrogen-bond acceptors (Lipinski definition) is 6. The molecule has 8 nitrogen and oxygen atoms in total. The van der Waals surface area contributed by atoms with E-state index in [0.29, 0.717) is 37.5 Å². The van der Waals surface area contributed by atoms with Crippen molar-refractivity contribution in [2.75, 3.05) is 13.2 Å². The lowest BCUT2D eigenvalue weighted by atomic mass is 10.1. The van der Waals surface area contributed by atoms with E-state index in [2.05, 4.69) is 15.6 Å². The molecule has 1 aliphatic carbocycles. The van der Waals surface area contributed by atoms with Crippen LogP contribution in [0.4, 0.5) is 0 Å². The normalized spacial score (nSPS) is 19.1. The van der Waals surface area contributed by atoms with E-state index in [0.717, 1.165) is 56.5 Å². The van der Waals surface area contributed by atoms with Crippen LogP contribution in [0.25, 0.3) is 16.6 Å². The van der Waals surface area contributed by atoms with Crippen molar-refractivity contribution < 1.29 is 14.3 Å². The molecule has 3 heterocycles. The van der Waals surface area contributed by atoms with Gasteiger partial charge in [0.05, 0.1) is 17.0 Å². The van der Waals surface area contributed by atoms with Crippen LogP contribution in [0.5, 0.6) is 0 Å². The number of ether oxygens (including phenoxy) is 1. The van der Waals surface area contributed by atoms with Crippen LogP contribution in [0.2, 0.25) is 0 Å². The lowest BCUT2D eigenvalue weighted by Gasteiger charge is -2.12. The third kappa shape index (κ3) is 3.98. The number of thiazole rings is 1. The zero-order valence-corrected chi connectivity index (χ0v) is 19.1. The SMILES string of the molecule is O=C(NCC1CCCO1)c1ccc2c(=O)[nH]c3c(C(=O)NC4CCCC4)sc(=S)n3c2c1. The Bertz CT molecular complexity index is 1310. The molecule has 2 aromatic heterocycles. The molecule has 168 valence electrons. The van der Waals surface area contributed by atoms with E-state index in [1.165, 1.54) is 0 Å². The number of fused-ring (bicyclic) bond motifs is 3. The predicted octanol–water partition coefficient (Wildman–Crippen LogP) is 3.15. The number of aromatic amines is 1. The molecule has 5 rings (SSSR count). The molecule has 1 unspecified atom stereocenters. The Kier molecular flexibility index (Phi) is 5.83. The molecule has 2 fully saturated rings. The summed E-state index contributed by atoms with van der Waals surface area (Å²) in [6.45, 7) is 1.18. The van der Waals surface area contributed by atoms with Gasteiger partial charge in [0.2, 0.25) is 0 Å². The Labute approximate surface area is 193 Å². The number of nitrogens with one attached hydrogen (secondary N) is 3. The van der Waals surface area contributed by atoms with Crippen LogP contribution < -0.4 is 16.2 Å². The van der Waals surface area contributed by atoms with Crippen molar-refractivity contribution >= 4 is 51.9 Å². The molecule has 1 aromatic carbocycles. The second kappa shape index (κ2) is 8.76. The molecule has 0 radical (unpaired) electrons. The van der Waals surface area contributed by atoms with Gasteiger partial charge in [-0.2, -0.15) is 0 Å². The van der Waals surface area contributed by atoms with Gasteiger partial charge in [0.1, 0.15) is 10.5 Å². The highest BCUT2D eigenvalue weighted by molar-refractivity contribution is 7.73. The Morgan fingerprint density at radius 2 is 2.00 bits per heavy atom. The van der Waals surface area contributed by atoms with E-state index in [4.69, 9.17) is 17.0 Å². The molecule has 10 heteroatoms. The van der Waals surface area contributed by atoms with Crippen LogP contribution in [0, 0.1) is 3.95 Å². The van der Waals surface area contributed by atoms with E-state index < -0.39 is 0 Å². The minimum absolute atomic E-state index is 0.0420. The lowest BCUT2D eigenvalue weighted by molar-refractivity contribution is 0.0857. The van der Waals surface area contributed by atoms with Crippen LogP contribution in [0.1, 0.15) is 58.6 Å². The molecular weight excluding hydrogens is 448 g/mol. The first-order chi connectivity index (χ1) is 15.5. The third-order valence-electron chi connectivity index (χ3n) is 6.20. The zero-order valence-electron chi connectivity index (χ0n) is 17.4. The van der Waals surface area contributed by atoms with Crippen LogP contribution in [-0.2, 0) is 4.74 Å². The second-order valence-corrected chi connectivity index (χ2v) is 10.0. The van der Waals surface area contributed by atoms with Gasteiger partial charge in [-0.05, 0) is 56.1 Å². The van der Waals surface area contributed by atoms with Gasteiger partial charge in [-0.25, -0.2) is 0 Å². The van der Waals surface area contributed by atoms with Crippen molar-refractivity contribution in [1.82, 2.24) is 20.0 Å². The van der Waals surface area contributed by atoms with Crippen molar-refractivity contribution in [3.63, 3.8) is 0 Å². The van der Waals surface area contributed by atoms with Gasteiger partial charge in [-0.1, -0.05) is 24.2 Å². The first-order valence-electron chi connectivity index (χ1n) is 10.9.